The summed E-state index contributed by atoms with van der Waals surface area (Å²) < 4.78 is 16.3. The maximum atomic E-state index is 12.0. The summed E-state index contributed by atoms with van der Waals surface area (Å²) in [4.78, 5) is 21.9. The number of unbranched alkanes of at least 4 members (excludes halogenated alkanes) is 12. The molecule has 0 saturated carbocycles. The Morgan fingerprint density at radius 2 is 1.37 bits per heavy atom. The van der Waals surface area contributed by atoms with Crippen molar-refractivity contribution in [1.29, 1.82) is 0 Å². The summed E-state index contributed by atoms with van der Waals surface area (Å²) >= 11 is 0. The van der Waals surface area contributed by atoms with Crippen LogP contribution >= 0.6 is 8.60 Å². The zero-order chi connectivity index (χ0) is 26.0. The highest BCUT2D eigenvalue weighted by Crippen LogP contribution is 2.33. The Hall–Kier alpha value is -0.260. The second-order valence-corrected chi connectivity index (χ2v) is 11.0. The van der Waals surface area contributed by atoms with Gasteiger partial charge in [0.05, 0.1) is 13.2 Å². The SMILES string of the molecule is CCCCCCCCCCCCCCCC(C)CCC(COP(O)OCCNC)OC(=O)CCC. The van der Waals surface area contributed by atoms with E-state index in [9.17, 15) is 9.69 Å². The zero-order valence-corrected chi connectivity index (χ0v) is 24.4. The summed E-state index contributed by atoms with van der Waals surface area (Å²) in [5.41, 5.74) is 0. The maximum Gasteiger partial charge on any atom is 0.330 e. The van der Waals surface area contributed by atoms with Gasteiger partial charge in [-0.1, -0.05) is 111 Å². The second-order valence-electron chi connectivity index (χ2n) is 10.0. The molecule has 0 aliphatic carbocycles. The minimum atomic E-state index is -1.94. The molecule has 0 heterocycles. The molecule has 0 amide bonds. The number of carbonyl (C=O) groups excluding carboxylic acids is 1. The van der Waals surface area contributed by atoms with Crippen LogP contribution in [0.5, 0.6) is 0 Å². The average Bonchev–Trinajstić information content (AvgIpc) is 2.84. The van der Waals surface area contributed by atoms with Gasteiger partial charge < -0.3 is 24.0 Å². The van der Waals surface area contributed by atoms with Crippen molar-refractivity contribution in [3.8, 4) is 0 Å². The molecule has 0 saturated heterocycles. The highest BCUT2D eigenvalue weighted by Gasteiger charge is 2.19. The fourth-order valence-corrected chi connectivity index (χ4v) is 4.78. The summed E-state index contributed by atoms with van der Waals surface area (Å²) in [6.45, 7) is 7.74. The quantitative estimate of drug-likeness (QED) is 0.0649. The van der Waals surface area contributed by atoms with E-state index >= 15 is 0 Å². The van der Waals surface area contributed by atoms with Crippen LogP contribution in [0.25, 0.3) is 0 Å². The zero-order valence-electron chi connectivity index (χ0n) is 23.5. The largest absolute Gasteiger partial charge is 0.460 e. The first-order chi connectivity index (χ1) is 17.0. The number of likely N-dealkylation sites (N-methyl/N-ethyl adjacent to an activating group) is 1. The third-order valence-electron chi connectivity index (χ3n) is 6.46. The molecule has 3 atom stereocenters. The summed E-state index contributed by atoms with van der Waals surface area (Å²) in [5.74, 6) is 0.404. The van der Waals surface area contributed by atoms with E-state index in [1.165, 1.54) is 89.9 Å². The number of ether oxygens (including phenoxy) is 1. The summed E-state index contributed by atoms with van der Waals surface area (Å²) in [5, 5.41) is 2.96. The van der Waals surface area contributed by atoms with Gasteiger partial charge in [0.15, 0.2) is 0 Å². The van der Waals surface area contributed by atoms with Gasteiger partial charge in [0, 0.05) is 13.0 Å². The van der Waals surface area contributed by atoms with E-state index in [1.54, 1.807) is 0 Å². The van der Waals surface area contributed by atoms with Gasteiger partial charge in [0.2, 0.25) is 0 Å². The molecule has 0 rings (SSSR count). The van der Waals surface area contributed by atoms with E-state index in [-0.39, 0.29) is 18.7 Å². The lowest BCUT2D eigenvalue weighted by molar-refractivity contribution is -0.151. The molecule has 7 heteroatoms. The molecule has 2 N–H and O–H groups in total. The molecule has 0 bridgehead atoms. The van der Waals surface area contributed by atoms with Crippen LogP contribution in [0.2, 0.25) is 0 Å². The second kappa shape index (κ2) is 26.8. The van der Waals surface area contributed by atoms with Crippen LogP contribution in [-0.2, 0) is 18.6 Å². The van der Waals surface area contributed by atoms with Gasteiger partial charge in [-0.3, -0.25) is 4.79 Å². The van der Waals surface area contributed by atoms with Crippen LogP contribution in [-0.4, -0.2) is 43.8 Å². The van der Waals surface area contributed by atoms with E-state index < -0.39 is 8.60 Å². The molecule has 0 spiro atoms. The van der Waals surface area contributed by atoms with Crippen LogP contribution in [0.3, 0.4) is 0 Å². The molecule has 0 aromatic heterocycles. The van der Waals surface area contributed by atoms with Crippen LogP contribution in [0.1, 0.15) is 136 Å². The van der Waals surface area contributed by atoms with Gasteiger partial charge >= 0.3 is 14.6 Å². The van der Waals surface area contributed by atoms with Gasteiger partial charge in [-0.2, -0.15) is 0 Å². The van der Waals surface area contributed by atoms with Crippen LogP contribution in [0, 0.1) is 5.92 Å². The van der Waals surface area contributed by atoms with Crippen LogP contribution in [0.15, 0.2) is 0 Å². The van der Waals surface area contributed by atoms with Crippen molar-refractivity contribution >= 4 is 14.6 Å². The summed E-state index contributed by atoms with van der Waals surface area (Å²) in [6.07, 6.45) is 21.8. The fraction of sp³-hybridized carbons (Fsp3) is 0.964. The van der Waals surface area contributed by atoms with Crippen LogP contribution < -0.4 is 5.32 Å². The fourth-order valence-electron chi connectivity index (χ4n) is 4.16. The Labute approximate surface area is 218 Å². The molecule has 0 fully saturated rings. The predicted octanol–water partition coefficient (Wildman–Crippen LogP) is 8.07. The Kier molecular flexibility index (Phi) is 26.6. The van der Waals surface area contributed by atoms with Gasteiger partial charge in [-0.05, 0) is 32.2 Å². The van der Waals surface area contributed by atoms with E-state index in [1.807, 2.05) is 14.0 Å². The molecule has 210 valence electrons. The Morgan fingerprint density at radius 1 is 0.800 bits per heavy atom. The van der Waals surface area contributed by atoms with Gasteiger partial charge in [-0.15, -0.1) is 0 Å². The van der Waals surface area contributed by atoms with Crippen molar-refractivity contribution in [3.05, 3.63) is 0 Å². The monoisotopic (exact) mass is 519 g/mol. The molecular formula is C28H58NO5P. The van der Waals surface area contributed by atoms with E-state index in [4.69, 9.17) is 13.8 Å². The van der Waals surface area contributed by atoms with Gasteiger partial charge in [0.1, 0.15) is 6.10 Å². The molecule has 0 aliphatic heterocycles. The van der Waals surface area contributed by atoms with Gasteiger partial charge in [-0.25, -0.2) is 0 Å². The number of rotatable bonds is 27. The summed E-state index contributed by atoms with van der Waals surface area (Å²) in [7, 11) is -0.114. The molecule has 0 radical (unpaired) electrons. The maximum absolute atomic E-state index is 12.0. The van der Waals surface area contributed by atoms with Crippen LogP contribution in [0.4, 0.5) is 0 Å². The van der Waals surface area contributed by atoms with E-state index in [0.29, 0.717) is 25.5 Å². The van der Waals surface area contributed by atoms with Crippen molar-refractivity contribution < 1.29 is 23.5 Å². The topological polar surface area (TPSA) is 77.0 Å². The number of nitrogens with one attached hydrogen (secondary N) is 1. The highest BCUT2D eigenvalue weighted by molar-refractivity contribution is 7.40. The number of hydrogen-bond donors (Lipinski definition) is 2. The standard InChI is InChI=1S/C28H58NO5P/c1-5-7-8-9-10-11-12-13-14-15-16-17-18-20-26(3)21-22-27(34-28(30)19-6-2)25-33-35(31)32-24-23-29-4/h26-27,29,31H,5-25H2,1-4H3. The molecule has 6 nitrogen and oxygen atoms in total. The van der Waals surface area contributed by atoms with Crippen molar-refractivity contribution in [2.24, 2.45) is 5.92 Å². The predicted molar refractivity (Wildman–Crippen MR) is 148 cm³/mol. The van der Waals surface area contributed by atoms with E-state index in [2.05, 4.69) is 19.2 Å². The Morgan fingerprint density at radius 3 is 1.91 bits per heavy atom. The molecule has 35 heavy (non-hydrogen) atoms. The van der Waals surface area contributed by atoms with Crippen molar-refractivity contribution in [1.82, 2.24) is 5.32 Å². The van der Waals surface area contributed by atoms with Crippen molar-refractivity contribution in [2.45, 2.75) is 142 Å². The van der Waals surface area contributed by atoms with Crippen molar-refractivity contribution in [3.63, 3.8) is 0 Å². The third-order valence-corrected chi connectivity index (χ3v) is 7.23. The molecule has 0 aromatic carbocycles. The van der Waals surface area contributed by atoms with Gasteiger partial charge in [0.25, 0.3) is 0 Å². The number of carbonyl (C=O) groups is 1. The lowest BCUT2D eigenvalue weighted by atomic mass is 9.96. The summed E-state index contributed by atoms with van der Waals surface area (Å²) in [6, 6.07) is 0. The lowest BCUT2D eigenvalue weighted by Crippen LogP contribution is -2.24. The highest BCUT2D eigenvalue weighted by atomic mass is 31.2. The molecular weight excluding hydrogens is 461 g/mol. The third kappa shape index (κ3) is 25.2. The number of hydrogen-bond acceptors (Lipinski definition) is 6. The Bertz CT molecular complexity index is 455. The lowest BCUT2D eigenvalue weighted by Gasteiger charge is -2.21. The smallest absolute Gasteiger partial charge is 0.330 e. The van der Waals surface area contributed by atoms with Crippen molar-refractivity contribution in [2.75, 3.05) is 26.8 Å². The molecule has 0 aliphatic rings. The Balaban J connectivity index is 3.89. The first-order valence-electron chi connectivity index (χ1n) is 14.6. The first-order valence-corrected chi connectivity index (χ1v) is 15.7. The minimum absolute atomic E-state index is 0.183. The first kappa shape index (κ1) is 34.7. The normalized spacial score (nSPS) is 14.1. The molecule has 3 unspecified atom stereocenters. The average molecular weight is 520 g/mol. The number of esters is 1. The molecule has 0 aromatic rings. The minimum Gasteiger partial charge on any atom is -0.460 e. The van der Waals surface area contributed by atoms with E-state index in [0.717, 1.165) is 19.3 Å².